The summed E-state index contributed by atoms with van der Waals surface area (Å²) in [6.45, 7) is 4.31. The highest BCUT2D eigenvalue weighted by molar-refractivity contribution is 5.72. The number of aldehydes is 1. The van der Waals surface area contributed by atoms with Crippen LogP contribution in [-0.4, -0.2) is 6.29 Å². The third kappa shape index (κ3) is 9.49. The number of carbonyl (C=O) groups excluding carboxylic acids is 1. The van der Waals surface area contributed by atoms with E-state index in [4.69, 9.17) is 0 Å². The Morgan fingerprint density at radius 1 is 1.07 bits per heavy atom. The molecule has 0 aliphatic carbocycles. The van der Waals surface area contributed by atoms with E-state index in [2.05, 4.69) is 19.6 Å². The molecule has 0 radical (unpaired) electrons. The number of carbonyl (C=O) groups is 1. The Bertz CT molecular complexity index is 209. The van der Waals surface area contributed by atoms with Crippen molar-refractivity contribution in [1.82, 2.24) is 0 Å². The van der Waals surface area contributed by atoms with Crippen LogP contribution in [0, 0.1) is 0 Å². The maximum Gasteiger partial charge on any atom is 0.153 e. The molecule has 0 saturated heterocycles. The minimum atomic E-state index is 0.811. The quantitative estimate of drug-likeness (QED) is 0.237. The second-order valence-electron chi connectivity index (χ2n) is 3.94. The van der Waals surface area contributed by atoms with Gasteiger partial charge >= 0.3 is 0 Å². The molecule has 0 amide bonds. The van der Waals surface area contributed by atoms with Gasteiger partial charge < -0.3 is 0 Å². The molecule has 0 N–H and O–H groups in total. The van der Waals surface area contributed by atoms with E-state index in [1.54, 1.807) is 0 Å². The molecule has 1 heteroatoms. The van der Waals surface area contributed by atoms with E-state index in [0.29, 0.717) is 0 Å². The van der Waals surface area contributed by atoms with Gasteiger partial charge in [0.05, 0.1) is 0 Å². The van der Waals surface area contributed by atoms with Gasteiger partial charge in [-0.05, 0) is 25.3 Å². The van der Waals surface area contributed by atoms with Crippen molar-refractivity contribution in [2.45, 2.75) is 65.2 Å². The molecule has 0 rings (SSSR count). The standard InChI is InChI=1S/C14H24O/c1-3-5-6-7-8-9-10-12-14(13-15)11-4-2/h10,13H,3-9,11H2,1-2H3. The first-order chi connectivity index (χ1) is 7.35. The van der Waals surface area contributed by atoms with Gasteiger partial charge in [-0.1, -0.05) is 46.0 Å². The predicted molar refractivity (Wildman–Crippen MR) is 65.9 cm³/mol. The van der Waals surface area contributed by atoms with Crippen LogP contribution in [0.1, 0.15) is 65.2 Å². The van der Waals surface area contributed by atoms with E-state index in [-0.39, 0.29) is 0 Å². The van der Waals surface area contributed by atoms with E-state index >= 15 is 0 Å². The summed E-state index contributed by atoms with van der Waals surface area (Å²) in [7, 11) is 0. The van der Waals surface area contributed by atoms with Crippen LogP contribution >= 0.6 is 0 Å². The Morgan fingerprint density at radius 3 is 2.40 bits per heavy atom. The van der Waals surface area contributed by atoms with Crippen molar-refractivity contribution in [3.63, 3.8) is 0 Å². The summed E-state index contributed by atoms with van der Waals surface area (Å²) in [5, 5.41) is 0. The fourth-order valence-electron chi connectivity index (χ4n) is 1.49. The molecule has 0 aliphatic heterocycles. The molecule has 0 bridgehead atoms. The second-order valence-corrected chi connectivity index (χ2v) is 3.94. The van der Waals surface area contributed by atoms with Crippen molar-refractivity contribution in [1.29, 1.82) is 0 Å². The lowest BCUT2D eigenvalue weighted by Gasteiger charge is -1.95. The van der Waals surface area contributed by atoms with Gasteiger partial charge in [-0.2, -0.15) is 0 Å². The van der Waals surface area contributed by atoms with Gasteiger partial charge in [0.1, 0.15) is 0 Å². The maximum absolute atomic E-state index is 10.6. The molecular weight excluding hydrogens is 184 g/mol. The van der Waals surface area contributed by atoms with Gasteiger partial charge in [0.15, 0.2) is 6.29 Å². The number of unbranched alkanes of at least 4 members (excludes halogenated alkanes) is 5. The Hall–Kier alpha value is -0.810. The lowest BCUT2D eigenvalue weighted by molar-refractivity contribution is -0.105. The maximum atomic E-state index is 10.6. The fourth-order valence-corrected chi connectivity index (χ4v) is 1.49. The van der Waals surface area contributed by atoms with Crippen LogP contribution in [0.25, 0.3) is 0 Å². The Morgan fingerprint density at radius 2 is 1.80 bits per heavy atom. The number of allylic oxidation sites excluding steroid dienone is 1. The third-order valence-corrected chi connectivity index (χ3v) is 2.40. The number of hydrogen-bond acceptors (Lipinski definition) is 1. The van der Waals surface area contributed by atoms with Gasteiger partial charge in [0, 0.05) is 5.57 Å². The Labute approximate surface area is 94.3 Å². The van der Waals surface area contributed by atoms with E-state index in [0.717, 1.165) is 31.1 Å². The van der Waals surface area contributed by atoms with Crippen LogP contribution in [0.2, 0.25) is 0 Å². The fraction of sp³-hybridized carbons (Fsp3) is 0.714. The normalized spacial score (nSPS) is 9.47. The monoisotopic (exact) mass is 208 g/mol. The smallest absolute Gasteiger partial charge is 0.153 e. The van der Waals surface area contributed by atoms with E-state index in [1.165, 1.54) is 32.1 Å². The number of hydrogen-bond donors (Lipinski definition) is 0. The minimum absolute atomic E-state index is 0.811. The largest absolute Gasteiger partial charge is 0.298 e. The lowest BCUT2D eigenvalue weighted by Crippen LogP contribution is -1.81. The van der Waals surface area contributed by atoms with Gasteiger partial charge in [0.2, 0.25) is 0 Å². The summed E-state index contributed by atoms with van der Waals surface area (Å²) >= 11 is 0. The summed E-state index contributed by atoms with van der Waals surface area (Å²) in [6.07, 6.45) is 12.4. The van der Waals surface area contributed by atoms with Crippen LogP contribution in [0.3, 0.4) is 0 Å². The predicted octanol–water partition coefficient (Wildman–Crippen LogP) is 4.43. The SMILES string of the molecule is CCCCCCCC=C=C(C=O)CCC. The number of rotatable bonds is 9. The van der Waals surface area contributed by atoms with Crippen LogP contribution in [-0.2, 0) is 4.79 Å². The first kappa shape index (κ1) is 14.2. The first-order valence-corrected chi connectivity index (χ1v) is 6.24. The minimum Gasteiger partial charge on any atom is -0.298 e. The van der Waals surface area contributed by atoms with E-state index in [9.17, 15) is 4.79 Å². The van der Waals surface area contributed by atoms with Gasteiger partial charge in [0.25, 0.3) is 0 Å². The second kappa shape index (κ2) is 11.3. The van der Waals surface area contributed by atoms with Crippen molar-refractivity contribution < 1.29 is 4.79 Å². The molecule has 0 aromatic carbocycles. The van der Waals surface area contributed by atoms with E-state index in [1.807, 2.05) is 6.08 Å². The Kier molecular flexibility index (Phi) is 10.7. The van der Waals surface area contributed by atoms with Gasteiger partial charge in [-0.15, -0.1) is 5.73 Å². The van der Waals surface area contributed by atoms with Crippen molar-refractivity contribution in [2.24, 2.45) is 0 Å². The molecule has 0 aromatic heterocycles. The highest BCUT2D eigenvalue weighted by atomic mass is 16.1. The summed E-state index contributed by atoms with van der Waals surface area (Å²) in [6, 6.07) is 0. The molecule has 0 fully saturated rings. The molecule has 0 saturated carbocycles. The van der Waals surface area contributed by atoms with Crippen molar-refractivity contribution in [2.75, 3.05) is 0 Å². The lowest BCUT2D eigenvalue weighted by atomic mass is 10.1. The highest BCUT2D eigenvalue weighted by Gasteiger charge is 1.90. The zero-order valence-corrected chi connectivity index (χ0v) is 10.2. The summed E-state index contributed by atoms with van der Waals surface area (Å²) in [5.74, 6) is 0. The van der Waals surface area contributed by atoms with Gasteiger partial charge in [-0.25, -0.2) is 0 Å². The average Bonchev–Trinajstić information content (AvgIpc) is 2.26. The molecule has 15 heavy (non-hydrogen) atoms. The van der Waals surface area contributed by atoms with Crippen LogP contribution in [0.4, 0.5) is 0 Å². The average molecular weight is 208 g/mol. The summed E-state index contributed by atoms with van der Waals surface area (Å²) in [5.41, 5.74) is 3.90. The highest BCUT2D eigenvalue weighted by Crippen LogP contribution is 2.05. The van der Waals surface area contributed by atoms with Crippen molar-refractivity contribution in [3.8, 4) is 0 Å². The summed E-state index contributed by atoms with van der Waals surface area (Å²) in [4.78, 5) is 10.6. The zero-order valence-electron chi connectivity index (χ0n) is 10.2. The third-order valence-electron chi connectivity index (χ3n) is 2.40. The molecule has 1 nitrogen and oxygen atoms in total. The molecule has 0 unspecified atom stereocenters. The van der Waals surface area contributed by atoms with Crippen LogP contribution in [0.5, 0.6) is 0 Å². The van der Waals surface area contributed by atoms with Crippen molar-refractivity contribution in [3.05, 3.63) is 17.4 Å². The molecule has 86 valence electrons. The van der Waals surface area contributed by atoms with Crippen LogP contribution < -0.4 is 0 Å². The van der Waals surface area contributed by atoms with Gasteiger partial charge in [-0.3, -0.25) is 4.79 Å². The molecule has 0 aliphatic rings. The first-order valence-electron chi connectivity index (χ1n) is 6.24. The topological polar surface area (TPSA) is 17.1 Å². The molecule has 0 aromatic rings. The van der Waals surface area contributed by atoms with E-state index < -0.39 is 0 Å². The molecule has 0 heterocycles. The molecule has 0 spiro atoms. The molecule has 0 atom stereocenters. The zero-order chi connectivity index (χ0) is 11.4. The van der Waals surface area contributed by atoms with Crippen molar-refractivity contribution >= 4 is 6.29 Å². The molecular formula is C14H24O. The Balaban J connectivity index is 3.61. The van der Waals surface area contributed by atoms with Crippen LogP contribution in [0.15, 0.2) is 17.4 Å². The summed E-state index contributed by atoms with van der Waals surface area (Å²) < 4.78 is 0.